The lowest BCUT2D eigenvalue weighted by atomic mass is 9.97. The maximum absolute atomic E-state index is 6.58. The zero-order valence-electron chi connectivity index (χ0n) is 18.9. The van der Waals surface area contributed by atoms with Gasteiger partial charge in [-0.2, -0.15) is 4.98 Å². The molecule has 1 aliphatic carbocycles. The molecule has 6 heteroatoms. The Morgan fingerprint density at radius 1 is 0.941 bits per heavy atom. The first-order chi connectivity index (χ1) is 16.8. The SMILES string of the molecule is N[C@@H](COc1nc(-c2ccncc2)nc2sc3c(c12)CCCC3)Cc1cccc2ccccc12. The third-order valence-electron chi connectivity index (χ3n) is 6.52. The molecule has 0 aliphatic heterocycles. The van der Waals surface area contributed by atoms with Crippen molar-refractivity contribution in [3.63, 3.8) is 0 Å². The van der Waals surface area contributed by atoms with E-state index in [1.54, 1.807) is 23.7 Å². The average molecular weight is 467 g/mol. The van der Waals surface area contributed by atoms with Crippen LogP contribution in [0.4, 0.5) is 0 Å². The van der Waals surface area contributed by atoms with Crippen LogP contribution < -0.4 is 10.5 Å². The highest BCUT2D eigenvalue weighted by Crippen LogP contribution is 2.40. The lowest BCUT2D eigenvalue weighted by Gasteiger charge is -2.16. The summed E-state index contributed by atoms with van der Waals surface area (Å²) < 4.78 is 6.37. The molecule has 170 valence electrons. The number of hydrogen-bond donors (Lipinski definition) is 1. The standard InChI is InChI=1S/C28H26N4OS/c29-21(16-20-8-5-7-18-6-1-2-9-22(18)20)17-33-27-25-23-10-3-4-11-24(23)34-28(25)32-26(31-27)19-12-14-30-15-13-19/h1-2,5-9,12-15,21H,3-4,10-11,16-17,29H2/t21-/m1/s1. The van der Waals surface area contributed by atoms with E-state index >= 15 is 0 Å². The van der Waals surface area contributed by atoms with Crippen molar-refractivity contribution in [3.05, 3.63) is 83.0 Å². The largest absolute Gasteiger partial charge is 0.475 e. The van der Waals surface area contributed by atoms with Crippen LogP contribution in [0.3, 0.4) is 0 Å². The summed E-state index contributed by atoms with van der Waals surface area (Å²) in [6, 6.07) is 18.6. The number of thiophene rings is 1. The van der Waals surface area contributed by atoms with Gasteiger partial charge in [0.1, 0.15) is 11.4 Å². The van der Waals surface area contributed by atoms with Crippen LogP contribution in [0.15, 0.2) is 67.0 Å². The molecule has 0 unspecified atom stereocenters. The van der Waals surface area contributed by atoms with Crippen molar-refractivity contribution in [1.29, 1.82) is 0 Å². The summed E-state index contributed by atoms with van der Waals surface area (Å²) in [5.74, 6) is 1.33. The monoisotopic (exact) mass is 466 g/mol. The number of nitrogens with zero attached hydrogens (tertiary/aromatic N) is 3. The zero-order chi connectivity index (χ0) is 22.9. The second-order valence-corrected chi connectivity index (χ2v) is 9.98. The number of fused-ring (bicyclic) bond motifs is 4. The van der Waals surface area contributed by atoms with E-state index in [4.69, 9.17) is 20.4 Å². The van der Waals surface area contributed by atoms with Crippen LogP contribution in [0.2, 0.25) is 0 Å². The minimum Gasteiger partial charge on any atom is -0.475 e. The van der Waals surface area contributed by atoms with E-state index in [0.29, 0.717) is 18.3 Å². The number of pyridine rings is 1. The van der Waals surface area contributed by atoms with Gasteiger partial charge in [-0.05, 0) is 66.1 Å². The number of aryl methyl sites for hydroxylation is 2. The van der Waals surface area contributed by atoms with Gasteiger partial charge in [0.25, 0.3) is 0 Å². The number of ether oxygens (including phenoxy) is 1. The van der Waals surface area contributed by atoms with Crippen LogP contribution in [-0.2, 0) is 19.3 Å². The molecule has 3 heterocycles. The summed E-state index contributed by atoms with van der Waals surface area (Å²) in [6.45, 7) is 0.399. The third-order valence-corrected chi connectivity index (χ3v) is 7.70. The van der Waals surface area contributed by atoms with Crippen molar-refractivity contribution < 1.29 is 4.74 Å². The molecular weight excluding hydrogens is 440 g/mol. The predicted octanol–water partition coefficient (Wildman–Crippen LogP) is 5.73. The number of benzene rings is 2. The van der Waals surface area contributed by atoms with Crippen LogP contribution >= 0.6 is 11.3 Å². The fourth-order valence-corrected chi connectivity index (χ4v) is 6.11. The Morgan fingerprint density at radius 3 is 2.68 bits per heavy atom. The fourth-order valence-electron chi connectivity index (χ4n) is 4.86. The summed E-state index contributed by atoms with van der Waals surface area (Å²) in [7, 11) is 0. The number of nitrogens with two attached hydrogens (primary N) is 1. The van der Waals surface area contributed by atoms with Crippen LogP contribution in [0.1, 0.15) is 28.8 Å². The average Bonchev–Trinajstić information content (AvgIpc) is 3.27. The molecule has 5 nitrogen and oxygen atoms in total. The molecule has 2 N–H and O–H groups in total. The first-order valence-corrected chi connectivity index (χ1v) is 12.7. The highest BCUT2D eigenvalue weighted by atomic mass is 32.1. The molecular formula is C28H26N4OS. The molecule has 0 spiro atoms. The minimum absolute atomic E-state index is 0.144. The summed E-state index contributed by atoms with van der Waals surface area (Å²) >= 11 is 1.78. The van der Waals surface area contributed by atoms with E-state index in [-0.39, 0.29) is 6.04 Å². The van der Waals surface area contributed by atoms with Crippen molar-refractivity contribution in [2.75, 3.05) is 6.61 Å². The number of hydrogen-bond acceptors (Lipinski definition) is 6. The first-order valence-electron chi connectivity index (χ1n) is 11.8. The molecule has 5 aromatic rings. The topological polar surface area (TPSA) is 73.9 Å². The van der Waals surface area contributed by atoms with Crippen molar-refractivity contribution in [3.8, 4) is 17.3 Å². The van der Waals surface area contributed by atoms with E-state index in [9.17, 15) is 0 Å². The molecule has 1 aliphatic rings. The molecule has 2 aromatic carbocycles. The Hall–Kier alpha value is -3.35. The summed E-state index contributed by atoms with van der Waals surface area (Å²) in [4.78, 5) is 16.3. The Balaban J connectivity index is 1.31. The Kier molecular flexibility index (Phi) is 5.69. The van der Waals surface area contributed by atoms with Gasteiger partial charge in [-0.1, -0.05) is 42.5 Å². The molecule has 6 rings (SSSR count). The summed E-state index contributed by atoms with van der Waals surface area (Å²) in [6.07, 6.45) is 8.88. The van der Waals surface area contributed by atoms with E-state index in [0.717, 1.165) is 35.0 Å². The lowest BCUT2D eigenvalue weighted by Crippen LogP contribution is -2.30. The molecule has 0 saturated carbocycles. The van der Waals surface area contributed by atoms with Gasteiger partial charge < -0.3 is 10.5 Å². The van der Waals surface area contributed by atoms with Gasteiger partial charge in [-0.25, -0.2) is 4.98 Å². The van der Waals surface area contributed by atoms with Crippen molar-refractivity contribution in [1.82, 2.24) is 15.0 Å². The maximum atomic E-state index is 6.58. The van der Waals surface area contributed by atoms with E-state index in [1.807, 2.05) is 12.1 Å². The van der Waals surface area contributed by atoms with Gasteiger partial charge >= 0.3 is 0 Å². The number of aromatic nitrogens is 3. The second kappa shape index (κ2) is 9.12. The predicted molar refractivity (Wildman–Crippen MR) is 138 cm³/mol. The number of rotatable bonds is 6. The first kappa shape index (κ1) is 21.2. The second-order valence-electron chi connectivity index (χ2n) is 8.89. The van der Waals surface area contributed by atoms with Crippen LogP contribution in [0, 0.1) is 0 Å². The van der Waals surface area contributed by atoms with E-state index < -0.39 is 0 Å². The molecule has 0 amide bonds. The summed E-state index contributed by atoms with van der Waals surface area (Å²) in [5, 5.41) is 3.56. The highest BCUT2D eigenvalue weighted by Gasteiger charge is 2.23. The van der Waals surface area contributed by atoms with E-state index in [1.165, 1.54) is 39.6 Å². The van der Waals surface area contributed by atoms with Gasteiger partial charge in [0.05, 0.1) is 5.39 Å². The Bertz CT molecular complexity index is 1460. The zero-order valence-corrected chi connectivity index (χ0v) is 19.7. The molecule has 0 bridgehead atoms. The van der Waals surface area contributed by atoms with Crippen LogP contribution in [-0.4, -0.2) is 27.6 Å². The molecule has 0 saturated heterocycles. The maximum Gasteiger partial charge on any atom is 0.226 e. The van der Waals surface area contributed by atoms with Gasteiger partial charge in [-0.15, -0.1) is 11.3 Å². The van der Waals surface area contributed by atoms with E-state index in [2.05, 4.69) is 47.4 Å². The van der Waals surface area contributed by atoms with Gasteiger partial charge in [0.2, 0.25) is 5.88 Å². The van der Waals surface area contributed by atoms with Crippen LogP contribution in [0.5, 0.6) is 5.88 Å². The van der Waals surface area contributed by atoms with Crippen LogP contribution in [0.25, 0.3) is 32.4 Å². The molecule has 1 atom stereocenters. The van der Waals surface area contributed by atoms with Gasteiger partial charge in [0, 0.05) is 28.9 Å². The fraction of sp³-hybridized carbons (Fsp3) is 0.250. The van der Waals surface area contributed by atoms with Gasteiger partial charge in [0.15, 0.2) is 5.82 Å². The third kappa shape index (κ3) is 4.04. The molecule has 3 aromatic heterocycles. The van der Waals surface area contributed by atoms with Crippen molar-refractivity contribution >= 4 is 32.3 Å². The summed E-state index contributed by atoms with van der Waals surface area (Å²) in [5.41, 5.74) is 10.1. The smallest absolute Gasteiger partial charge is 0.226 e. The molecule has 0 radical (unpaired) electrons. The van der Waals surface area contributed by atoms with Gasteiger partial charge in [-0.3, -0.25) is 4.98 Å². The quantitative estimate of drug-likeness (QED) is 0.346. The van der Waals surface area contributed by atoms with Crippen molar-refractivity contribution in [2.45, 2.75) is 38.1 Å². The Labute approximate surface area is 202 Å². The lowest BCUT2D eigenvalue weighted by molar-refractivity contribution is 0.281. The molecule has 0 fully saturated rings. The Morgan fingerprint density at radius 2 is 1.76 bits per heavy atom. The van der Waals surface area contributed by atoms with Crippen molar-refractivity contribution in [2.24, 2.45) is 5.73 Å². The minimum atomic E-state index is -0.144. The molecule has 34 heavy (non-hydrogen) atoms. The highest BCUT2D eigenvalue weighted by molar-refractivity contribution is 7.18. The normalized spacial score (nSPS) is 14.3.